The first-order valence-electron chi connectivity index (χ1n) is 7.33. The van der Waals surface area contributed by atoms with Gasteiger partial charge in [0, 0.05) is 11.1 Å². The van der Waals surface area contributed by atoms with Crippen molar-refractivity contribution in [3.8, 4) is 0 Å². The third-order valence-electron chi connectivity index (χ3n) is 3.44. The molecule has 1 aromatic heterocycles. The minimum atomic E-state index is -1.55. The van der Waals surface area contributed by atoms with Crippen LogP contribution in [0.5, 0.6) is 0 Å². The molecule has 1 aliphatic heterocycles. The highest BCUT2D eigenvalue weighted by Crippen LogP contribution is 2.26. The van der Waals surface area contributed by atoms with Crippen LogP contribution in [0.3, 0.4) is 0 Å². The van der Waals surface area contributed by atoms with E-state index in [1.807, 2.05) is 0 Å². The topological polar surface area (TPSA) is 188 Å². The van der Waals surface area contributed by atoms with Crippen LogP contribution in [0.25, 0.3) is 0 Å². The quantitative estimate of drug-likeness (QED) is 0.243. The maximum Gasteiger partial charge on any atom is 0.354 e. The molecule has 0 aliphatic carbocycles. The zero-order valence-electron chi connectivity index (χ0n) is 13.8. The first-order valence-corrected chi connectivity index (χ1v) is 9.26. The van der Waals surface area contributed by atoms with Crippen LogP contribution >= 0.6 is 23.1 Å². The van der Waals surface area contributed by atoms with Crippen LogP contribution in [-0.4, -0.2) is 66.8 Å². The summed E-state index contributed by atoms with van der Waals surface area (Å²) >= 11 is 2.07. The summed E-state index contributed by atoms with van der Waals surface area (Å²) in [7, 11) is 0. The number of nitrogens with one attached hydrogen (secondary N) is 1. The Morgan fingerprint density at radius 2 is 2.15 bits per heavy atom. The van der Waals surface area contributed by atoms with E-state index < -0.39 is 35.0 Å². The molecule has 27 heavy (non-hydrogen) atoms. The van der Waals surface area contributed by atoms with E-state index in [4.69, 9.17) is 10.9 Å². The van der Waals surface area contributed by atoms with E-state index in [2.05, 4.69) is 20.4 Å². The van der Waals surface area contributed by atoms with Gasteiger partial charge in [0.05, 0.1) is 0 Å². The number of allylic oxidation sites excluding steroid dienone is 1. The maximum atomic E-state index is 12.4. The molecule has 0 aromatic carbocycles. The molecule has 0 fully saturated rings. The highest BCUT2D eigenvalue weighted by Gasteiger charge is 2.36. The summed E-state index contributed by atoms with van der Waals surface area (Å²) in [5.41, 5.74) is 5.12. The number of aliphatic carboxylic acids is 2. The van der Waals surface area contributed by atoms with E-state index in [1.165, 1.54) is 5.38 Å². The number of thioether (sulfide) groups is 1. The number of carbonyl (C=O) groups excluding carboxylic acids is 1. The summed E-state index contributed by atoms with van der Waals surface area (Å²) in [5, 5.41) is 33.3. The van der Waals surface area contributed by atoms with Crippen LogP contribution in [0.1, 0.15) is 12.6 Å². The average molecular weight is 413 g/mol. The highest BCUT2D eigenvalue weighted by atomic mass is 32.2. The Labute approximate surface area is 160 Å². The van der Waals surface area contributed by atoms with Gasteiger partial charge in [-0.2, -0.15) is 0 Å². The molecule has 13 heteroatoms. The summed E-state index contributed by atoms with van der Waals surface area (Å²) in [6.45, 7) is 1.65. The minimum absolute atomic E-state index is 0.0242. The third-order valence-corrected chi connectivity index (χ3v) is 5.31. The molecular weight excluding hydrogens is 398 g/mol. The van der Waals surface area contributed by atoms with E-state index in [1.54, 1.807) is 13.0 Å². The predicted octanol–water partition coefficient (Wildman–Crippen LogP) is 0.0178. The zero-order valence-corrected chi connectivity index (χ0v) is 15.5. The number of hydrogen-bond donors (Lipinski definition) is 5. The second-order valence-electron chi connectivity index (χ2n) is 5.11. The molecule has 0 saturated carbocycles. The number of nitrogens with zero attached hydrogens (tertiary/aromatic N) is 3. The molecule has 6 N–H and O–H groups in total. The van der Waals surface area contributed by atoms with Gasteiger partial charge in [0.1, 0.15) is 16.8 Å². The number of aliphatic imine (C=N–C) groups is 1. The van der Waals surface area contributed by atoms with E-state index in [9.17, 15) is 24.6 Å². The van der Waals surface area contributed by atoms with Gasteiger partial charge in [-0.3, -0.25) is 9.79 Å². The Morgan fingerprint density at radius 1 is 1.44 bits per heavy atom. The maximum absolute atomic E-state index is 12.4. The van der Waals surface area contributed by atoms with Crippen molar-refractivity contribution in [3.05, 3.63) is 22.7 Å². The second kappa shape index (κ2) is 8.64. The normalized spacial score (nSPS) is 20.0. The highest BCUT2D eigenvalue weighted by molar-refractivity contribution is 8.00. The lowest BCUT2D eigenvalue weighted by atomic mass is 10.1. The lowest BCUT2D eigenvalue weighted by molar-refractivity contribution is -0.141. The lowest BCUT2D eigenvalue weighted by Crippen LogP contribution is -2.50. The van der Waals surface area contributed by atoms with Crippen molar-refractivity contribution >= 4 is 57.5 Å². The first kappa shape index (κ1) is 20.4. The molecule has 2 rings (SSSR count). The molecule has 1 aliphatic rings. The van der Waals surface area contributed by atoms with Crippen LogP contribution in [0.15, 0.2) is 27.2 Å². The van der Waals surface area contributed by atoms with Crippen molar-refractivity contribution in [1.29, 1.82) is 0 Å². The smallest absolute Gasteiger partial charge is 0.354 e. The van der Waals surface area contributed by atoms with Gasteiger partial charge in [0.15, 0.2) is 16.9 Å². The van der Waals surface area contributed by atoms with Gasteiger partial charge in [-0.25, -0.2) is 14.6 Å². The van der Waals surface area contributed by atoms with Crippen LogP contribution in [-0.2, 0) is 14.4 Å². The predicted molar refractivity (Wildman–Crippen MR) is 99.5 cm³/mol. The summed E-state index contributed by atoms with van der Waals surface area (Å²) in [5.74, 6) is -3.51. The summed E-state index contributed by atoms with van der Waals surface area (Å²) in [4.78, 5) is 43.1. The number of oxime groups is 1. The minimum Gasteiger partial charge on any atom is -0.480 e. The third kappa shape index (κ3) is 4.62. The molecule has 2 atom stereocenters. The number of carbonyl (C=O) groups is 3. The molecule has 11 nitrogen and oxygen atoms in total. The van der Waals surface area contributed by atoms with Crippen molar-refractivity contribution in [2.24, 2.45) is 10.1 Å². The largest absolute Gasteiger partial charge is 0.480 e. The first-order chi connectivity index (χ1) is 12.8. The number of nitrogens with two attached hydrogens (primary N) is 1. The van der Waals surface area contributed by atoms with E-state index in [0.29, 0.717) is 5.57 Å². The zero-order chi connectivity index (χ0) is 20.1. The number of hydrogen-bond acceptors (Lipinski definition) is 10. The fourth-order valence-electron chi connectivity index (χ4n) is 2.15. The summed E-state index contributed by atoms with van der Waals surface area (Å²) < 4.78 is 0. The summed E-state index contributed by atoms with van der Waals surface area (Å²) in [6.07, 6.45) is 1.58. The van der Waals surface area contributed by atoms with E-state index in [-0.39, 0.29) is 22.3 Å². The van der Waals surface area contributed by atoms with Gasteiger partial charge in [-0.15, -0.1) is 23.1 Å². The number of anilines is 1. The SMILES string of the molecule is C/C=C1/CS[C@H]([C@H](NC(=O)/C(=N\O)c2csc(N)n2)C(=O)O)N=C1C(=O)O. The van der Waals surface area contributed by atoms with Crippen molar-refractivity contribution < 1.29 is 29.8 Å². The van der Waals surface area contributed by atoms with Gasteiger partial charge in [0.25, 0.3) is 5.91 Å². The van der Waals surface area contributed by atoms with Crippen molar-refractivity contribution in [2.45, 2.75) is 18.3 Å². The fraction of sp³-hybridized carbons (Fsp3) is 0.286. The molecule has 1 amide bonds. The van der Waals surface area contributed by atoms with Crippen molar-refractivity contribution in [3.63, 3.8) is 0 Å². The molecule has 0 spiro atoms. The Kier molecular flexibility index (Phi) is 6.52. The van der Waals surface area contributed by atoms with Crippen molar-refractivity contribution in [2.75, 3.05) is 11.5 Å². The van der Waals surface area contributed by atoms with Crippen LogP contribution in [0.4, 0.5) is 5.13 Å². The number of nitrogen functional groups attached to an aromatic ring is 1. The number of carboxylic acid groups (broad SMARTS) is 2. The van der Waals surface area contributed by atoms with Crippen molar-refractivity contribution in [1.82, 2.24) is 10.3 Å². The Morgan fingerprint density at radius 3 is 2.63 bits per heavy atom. The number of thiazole rings is 1. The number of aromatic nitrogens is 1. The van der Waals surface area contributed by atoms with Gasteiger partial charge in [0.2, 0.25) is 0 Å². The molecular formula is C14H15N5O6S2. The van der Waals surface area contributed by atoms with Gasteiger partial charge in [-0.1, -0.05) is 11.2 Å². The monoisotopic (exact) mass is 413 g/mol. The molecule has 1 aromatic rings. The van der Waals surface area contributed by atoms with E-state index >= 15 is 0 Å². The molecule has 2 heterocycles. The number of carboxylic acids is 2. The molecule has 0 radical (unpaired) electrons. The van der Waals surface area contributed by atoms with Crippen LogP contribution < -0.4 is 11.1 Å². The van der Waals surface area contributed by atoms with Crippen LogP contribution in [0.2, 0.25) is 0 Å². The van der Waals surface area contributed by atoms with E-state index in [0.717, 1.165) is 23.1 Å². The molecule has 0 saturated heterocycles. The summed E-state index contributed by atoms with van der Waals surface area (Å²) in [6, 6.07) is -1.55. The van der Waals surface area contributed by atoms with Crippen LogP contribution in [0, 0.1) is 0 Å². The Balaban J connectivity index is 2.28. The second-order valence-corrected chi connectivity index (χ2v) is 7.10. The van der Waals surface area contributed by atoms with Gasteiger partial charge >= 0.3 is 11.9 Å². The Bertz CT molecular complexity index is 862. The number of rotatable bonds is 6. The standard InChI is InChI=1S/C14H15N5O6S2/c1-2-5-3-26-11(18-7(5)12(21)22)9(13(23)24)17-10(20)8(19-25)6-4-27-14(15)16-6/h2,4,9,11,25H,3H2,1H3,(H2,15,16)(H,17,20)(H,21,22)(H,23,24)/b5-2-,19-8-/t9-,11+/m0/s1. The lowest BCUT2D eigenvalue weighted by Gasteiger charge is -2.26. The average Bonchev–Trinajstić information content (AvgIpc) is 3.05. The molecule has 0 unspecified atom stereocenters. The molecule has 0 bridgehead atoms. The fourth-order valence-corrected chi connectivity index (χ4v) is 3.91. The Hall–Kier alpha value is -2.93. The molecule has 144 valence electrons. The van der Waals surface area contributed by atoms with Gasteiger partial charge in [-0.05, 0) is 12.5 Å². The van der Waals surface area contributed by atoms with Gasteiger partial charge < -0.3 is 26.5 Å². The number of amides is 1.